The van der Waals surface area contributed by atoms with E-state index < -0.39 is 0 Å². The smallest absolute Gasteiger partial charge is 0.133 e. The van der Waals surface area contributed by atoms with E-state index in [0.29, 0.717) is 11.7 Å². The summed E-state index contributed by atoms with van der Waals surface area (Å²) in [6.45, 7) is 5.97. The van der Waals surface area contributed by atoms with Crippen LogP contribution in [0.1, 0.15) is 33.6 Å². The van der Waals surface area contributed by atoms with Gasteiger partial charge >= 0.3 is 0 Å². The number of Topliss-reactive ketones (excluding diaryl/α,β-unsaturated/α-hetero) is 1. The molecule has 1 nitrogen and oxygen atoms in total. The van der Waals surface area contributed by atoms with Crippen molar-refractivity contribution in [2.45, 2.75) is 33.6 Å². The molecule has 0 spiro atoms. The Labute approximate surface area is 74.5 Å². The Morgan fingerprint density at radius 3 is 2.58 bits per heavy atom. The minimum absolute atomic E-state index is 0.137. The summed E-state index contributed by atoms with van der Waals surface area (Å²) in [6, 6.07) is 0. The van der Waals surface area contributed by atoms with Crippen molar-refractivity contribution in [1.82, 2.24) is 0 Å². The van der Waals surface area contributed by atoms with Crippen LogP contribution in [0.4, 0.5) is 0 Å². The fraction of sp³-hybridized carbons (Fsp3) is 0.727. The summed E-state index contributed by atoms with van der Waals surface area (Å²) in [5, 5.41) is 0. The van der Waals surface area contributed by atoms with E-state index in [4.69, 9.17) is 6.42 Å². The summed E-state index contributed by atoms with van der Waals surface area (Å²) >= 11 is 0. The van der Waals surface area contributed by atoms with Gasteiger partial charge in [-0.25, -0.2) is 0 Å². The molecule has 1 saturated carbocycles. The minimum atomic E-state index is 0.137. The first-order valence-electron chi connectivity index (χ1n) is 4.44. The zero-order chi connectivity index (χ0) is 9.35. The number of hydrogen-bond donors (Lipinski definition) is 0. The van der Waals surface area contributed by atoms with Crippen molar-refractivity contribution in [3.8, 4) is 12.3 Å². The molecule has 0 bridgehead atoms. The second kappa shape index (κ2) is 2.94. The van der Waals surface area contributed by atoms with Crippen LogP contribution in [0.2, 0.25) is 0 Å². The number of terminal acetylenes is 1. The predicted octanol–water partition coefficient (Wildman–Crippen LogP) is 2.26. The lowest BCUT2D eigenvalue weighted by Gasteiger charge is -2.50. The second-order valence-electron chi connectivity index (χ2n) is 4.33. The molecule has 0 N–H and O–H groups in total. The van der Waals surface area contributed by atoms with Gasteiger partial charge in [0, 0.05) is 12.3 Å². The standard InChI is InChI=1S/C11H16O/c1-5-6-9-7-10(8(2)12)11(9,3)4/h1,9-10H,6-7H2,2-4H3. The van der Waals surface area contributed by atoms with Gasteiger partial charge in [-0.05, 0) is 24.7 Å². The molecule has 0 aliphatic heterocycles. The topological polar surface area (TPSA) is 17.1 Å². The van der Waals surface area contributed by atoms with Gasteiger partial charge in [0.25, 0.3) is 0 Å². The molecular formula is C11H16O. The van der Waals surface area contributed by atoms with Gasteiger partial charge in [-0.2, -0.15) is 0 Å². The van der Waals surface area contributed by atoms with Crippen LogP contribution >= 0.6 is 0 Å². The highest BCUT2D eigenvalue weighted by Gasteiger charge is 2.49. The van der Waals surface area contributed by atoms with Crippen molar-refractivity contribution in [2.24, 2.45) is 17.3 Å². The average Bonchev–Trinajstić information content (AvgIpc) is 1.96. The fourth-order valence-corrected chi connectivity index (χ4v) is 2.19. The first-order valence-corrected chi connectivity index (χ1v) is 4.44. The van der Waals surface area contributed by atoms with Crippen LogP contribution in [0, 0.1) is 29.6 Å². The molecule has 0 saturated heterocycles. The van der Waals surface area contributed by atoms with E-state index in [2.05, 4.69) is 19.8 Å². The molecule has 66 valence electrons. The summed E-state index contributed by atoms with van der Waals surface area (Å²) in [5.41, 5.74) is 0.137. The molecule has 0 radical (unpaired) electrons. The van der Waals surface area contributed by atoms with Crippen molar-refractivity contribution in [3.63, 3.8) is 0 Å². The van der Waals surface area contributed by atoms with Crippen molar-refractivity contribution >= 4 is 5.78 Å². The predicted molar refractivity (Wildman–Crippen MR) is 49.5 cm³/mol. The van der Waals surface area contributed by atoms with E-state index in [0.717, 1.165) is 12.8 Å². The maximum Gasteiger partial charge on any atom is 0.133 e. The lowest BCUT2D eigenvalue weighted by atomic mass is 9.53. The van der Waals surface area contributed by atoms with E-state index in [1.807, 2.05) is 0 Å². The lowest BCUT2D eigenvalue weighted by molar-refractivity contribution is -0.135. The summed E-state index contributed by atoms with van der Waals surface area (Å²) in [6.07, 6.45) is 7.06. The maximum absolute atomic E-state index is 11.1. The van der Waals surface area contributed by atoms with Crippen LogP contribution in [0.3, 0.4) is 0 Å². The van der Waals surface area contributed by atoms with Crippen LogP contribution in [0.15, 0.2) is 0 Å². The van der Waals surface area contributed by atoms with E-state index in [1.54, 1.807) is 6.92 Å². The highest BCUT2D eigenvalue weighted by molar-refractivity contribution is 5.80. The molecule has 1 aliphatic rings. The fourth-order valence-electron chi connectivity index (χ4n) is 2.19. The van der Waals surface area contributed by atoms with Crippen molar-refractivity contribution < 1.29 is 4.79 Å². The molecule has 0 aromatic carbocycles. The normalized spacial score (nSPS) is 31.8. The Balaban J connectivity index is 2.61. The Morgan fingerprint density at radius 1 is 1.67 bits per heavy atom. The van der Waals surface area contributed by atoms with Gasteiger partial charge in [0.15, 0.2) is 0 Å². The van der Waals surface area contributed by atoms with Crippen LogP contribution in [-0.4, -0.2) is 5.78 Å². The average molecular weight is 164 g/mol. The molecule has 0 aromatic rings. The third-order valence-corrected chi connectivity index (χ3v) is 3.33. The first kappa shape index (κ1) is 9.32. The van der Waals surface area contributed by atoms with Gasteiger partial charge in [0.1, 0.15) is 5.78 Å². The highest BCUT2D eigenvalue weighted by atomic mass is 16.1. The van der Waals surface area contributed by atoms with Crippen LogP contribution in [-0.2, 0) is 4.79 Å². The Morgan fingerprint density at radius 2 is 2.25 bits per heavy atom. The van der Waals surface area contributed by atoms with Crippen LogP contribution in [0.25, 0.3) is 0 Å². The Kier molecular flexibility index (Phi) is 2.28. The first-order chi connectivity index (χ1) is 5.50. The Hall–Kier alpha value is -0.770. The van der Waals surface area contributed by atoms with Crippen LogP contribution in [0.5, 0.6) is 0 Å². The number of rotatable bonds is 2. The molecule has 12 heavy (non-hydrogen) atoms. The van der Waals surface area contributed by atoms with Gasteiger partial charge in [-0.1, -0.05) is 13.8 Å². The molecule has 1 rings (SSSR count). The third-order valence-electron chi connectivity index (χ3n) is 3.33. The van der Waals surface area contributed by atoms with E-state index >= 15 is 0 Å². The molecule has 1 heteroatoms. The summed E-state index contributed by atoms with van der Waals surface area (Å²) < 4.78 is 0. The number of hydrogen-bond acceptors (Lipinski definition) is 1. The molecule has 0 amide bonds. The number of ketones is 1. The molecular weight excluding hydrogens is 148 g/mol. The van der Waals surface area contributed by atoms with Gasteiger partial charge in [0.05, 0.1) is 0 Å². The summed E-state index contributed by atoms with van der Waals surface area (Å²) in [5.74, 6) is 3.79. The summed E-state index contributed by atoms with van der Waals surface area (Å²) in [7, 11) is 0. The SMILES string of the molecule is C#CCC1CC(C(C)=O)C1(C)C. The lowest BCUT2D eigenvalue weighted by Crippen LogP contribution is -2.47. The monoisotopic (exact) mass is 164 g/mol. The van der Waals surface area contributed by atoms with Crippen molar-refractivity contribution in [2.75, 3.05) is 0 Å². The molecule has 2 atom stereocenters. The quantitative estimate of drug-likeness (QED) is 0.572. The third kappa shape index (κ3) is 1.27. The molecule has 2 unspecified atom stereocenters. The zero-order valence-corrected chi connectivity index (χ0v) is 8.05. The highest BCUT2D eigenvalue weighted by Crippen LogP contribution is 2.52. The molecule has 0 aromatic heterocycles. The van der Waals surface area contributed by atoms with E-state index in [1.165, 1.54) is 0 Å². The van der Waals surface area contributed by atoms with Gasteiger partial charge in [-0.3, -0.25) is 4.79 Å². The van der Waals surface area contributed by atoms with Crippen molar-refractivity contribution in [1.29, 1.82) is 0 Å². The second-order valence-corrected chi connectivity index (χ2v) is 4.33. The van der Waals surface area contributed by atoms with Crippen molar-refractivity contribution in [3.05, 3.63) is 0 Å². The zero-order valence-electron chi connectivity index (χ0n) is 8.05. The maximum atomic E-state index is 11.1. The van der Waals surface area contributed by atoms with E-state index in [9.17, 15) is 4.79 Å². The van der Waals surface area contributed by atoms with Gasteiger partial charge in [-0.15, -0.1) is 12.3 Å². The van der Waals surface area contributed by atoms with Gasteiger partial charge < -0.3 is 0 Å². The number of carbonyl (C=O) groups excluding carboxylic acids is 1. The number of carbonyl (C=O) groups is 1. The largest absolute Gasteiger partial charge is 0.300 e. The molecule has 0 heterocycles. The van der Waals surface area contributed by atoms with Crippen LogP contribution < -0.4 is 0 Å². The summed E-state index contributed by atoms with van der Waals surface area (Å²) in [4.78, 5) is 11.1. The van der Waals surface area contributed by atoms with Gasteiger partial charge in [0.2, 0.25) is 0 Å². The van der Waals surface area contributed by atoms with E-state index in [-0.39, 0.29) is 11.3 Å². The minimum Gasteiger partial charge on any atom is -0.300 e. The molecule has 1 aliphatic carbocycles. The Bertz CT molecular complexity index is 232. The molecule has 1 fully saturated rings.